The molecule has 6 heteroatoms. The summed E-state index contributed by atoms with van der Waals surface area (Å²) in [5.41, 5.74) is 1.89. The molecule has 2 aliphatic rings. The Hall–Kier alpha value is -2.73. The number of rotatable bonds is 6. The van der Waals surface area contributed by atoms with E-state index in [-0.39, 0.29) is 11.9 Å². The number of hydrogen-bond donors (Lipinski definition) is 1. The summed E-state index contributed by atoms with van der Waals surface area (Å²) in [6, 6.07) is 13.9. The third-order valence-electron chi connectivity index (χ3n) is 5.33. The molecule has 154 valence electrons. The molecule has 2 aliphatic heterocycles. The lowest BCUT2D eigenvalue weighted by atomic mass is 10.0. The number of anilines is 1. The molecule has 0 bridgehead atoms. The molecule has 1 N–H and O–H groups in total. The van der Waals surface area contributed by atoms with Crippen molar-refractivity contribution in [3.63, 3.8) is 0 Å². The van der Waals surface area contributed by atoms with Crippen LogP contribution in [-0.4, -0.2) is 43.7 Å². The van der Waals surface area contributed by atoms with E-state index in [0.717, 1.165) is 37.3 Å². The summed E-state index contributed by atoms with van der Waals surface area (Å²) in [5, 5.41) is 3.00. The summed E-state index contributed by atoms with van der Waals surface area (Å²) in [7, 11) is 0. The van der Waals surface area contributed by atoms with Crippen LogP contribution in [0.15, 0.2) is 42.5 Å². The van der Waals surface area contributed by atoms with Crippen molar-refractivity contribution in [2.75, 3.05) is 38.2 Å². The van der Waals surface area contributed by atoms with Crippen LogP contribution >= 0.6 is 0 Å². The highest BCUT2D eigenvalue weighted by atomic mass is 16.5. The van der Waals surface area contributed by atoms with Crippen LogP contribution in [0.2, 0.25) is 0 Å². The highest BCUT2D eigenvalue weighted by molar-refractivity contribution is 5.93. The Morgan fingerprint density at radius 2 is 1.97 bits per heavy atom. The summed E-state index contributed by atoms with van der Waals surface area (Å²) in [5.74, 6) is 2.28. The standard InChI is InChI=1S/C23H28N2O4/c1-2-27-20-9-4-3-7-18(20)24-23(26)16-25-12-5-8-19(25)17-10-11-21-22(15-17)29-14-6-13-28-21/h3-4,7,9-11,15,19H,2,5-6,8,12-14,16H2,1H3,(H,24,26). The largest absolute Gasteiger partial charge is 0.492 e. The molecule has 1 unspecified atom stereocenters. The molecule has 2 heterocycles. The van der Waals surface area contributed by atoms with E-state index in [1.54, 1.807) is 0 Å². The van der Waals surface area contributed by atoms with Crippen molar-refractivity contribution >= 4 is 11.6 Å². The summed E-state index contributed by atoms with van der Waals surface area (Å²) in [6.45, 7) is 5.10. The van der Waals surface area contributed by atoms with Crippen LogP contribution in [0.3, 0.4) is 0 Å². The zero-order valence-corrected chi connectivity index (χ0v) is 16.9. The van der Waals surface area contributed by atoms with Gasteiger partial charge in [-0.25, -0.2) is 0 Å². The smallest absolute Gasteiger partial charge is 0.238 e. The van der Waals surface area contributed by atoms with Crippen molar-refractivity contribution in [2.24, 2.45) is 0 Å². The van der Waals surface area contributed by atoms with Crippen molar-refractivity contribution in [2.45, 2.75) is 32.2 Å². The van der Waals surface area contributed by atoms with Gasteiger partial charge < -0.3 is 19.5 Å². The predicted molar refractivity (Wildman–Crippen MR) is 112 cm³/mol. The fraction of sp³-hybridized carbons (Fsp3) is 0.435. The number of benzene rings is 2. The Morgan fingerprint density at radius 3 is 2.83 bits per heavy atom. The van der Waals surface area contributed by atoms with Crippen molar-refractivity contribution in [3.05, 3.63) is 48.0 Å². The quantitative estimate of drug-likeness (QED) is 0.799. The minimum atomic E-state index is -0.0293. The van der Waals surface area contributed by atoms with Crippen molar-refractivity contribution in [3.8, 4) is 17.2 Å². The molecular weight excluding hydrogens is 368 g/mol. The number of amides is 1. The molecule has 0 spiro atoms. The molecule has 0 saturated carbocycles. The normalized spacial score (nSPS) is 18.9. The van der Waals surface area contributed by atoms with Gasteiger partial charge in [-0.2, -0.15) is 0 Å². The lowest BCUT2D eigenvalue weighted by Gasteiger charge is -2.25. The predicted octanol–water partition coefficient (Wildman–Crippen LogP) is 4.02. The van der Waals surface area contributed by atoms with Gasteiger partial charge in [0.1, 0.15) is 5.75 Å². The van der Waals surface area contributed by atoms with Crippen LogP contribution in [0.5, 0.6) is 17.2 Å². The van der Waals surface area contributed by atoms with E-state index < -0.39 is 0 Å². The van der Waals surface area contributed by atoms with Crippen LogP contribution in [0, 0.1) is 0 Å². The van der Waals surface area contributed by atoms with Crippen LogP contribution < -0.4 is 19.5 Å². The molecule has 1 saturated heterocycles. The SMILES string of the molecule is CCOc1ccccc1NC(=O)CN1CCCC1c1ccc2c(c1)OCCCO2. The van der Waals surface area contributed by atoms with Crippen LogP contribution in [0.25, 0.3) is 0 Å². The van der Waals surface area contributed by atoms with Crippen molar-refractivity contribution in [1.82, 2.24) is 4.90 Å². The zero-order valence-electron chi connectivity index (χ0n) is 16.9. The first kappa shape index (κ1) is 19.6. The van der Waals surface area contributed by atoms with Gasteiger partial charge in [0.15, 0.2) is 11.5 Å². The average Bonchev–Trinajstić information content (AvgIpc) is 3.04. The first-order valence-corrected chi connectivity index (χ1v) is 10.4. The van der Waals surface area contributed by atoms with Gasteiger partial charge in [-0.3, -0.25) is 9.69 Å². The number of likely N-dealkylation sites (tertiary alicyclic amines) is 1. The maximum absolute atomic E-state index is 12.7. The minimum Gasteiger partial charge on any atom is -0.492 e. The Labute approximate surface area is 171 Å². The third kappa shape index (κ3) is 4.65. The maximum atomic E-state index is 12.7. The molecule has 2 aromatic carbocycles. The van der Waals surface area contributed by atoms with E-state index in [1.807, 2.05) is 37.3 Å². The Morgan fingerprint density at radius 1 is 1.14 bits per heavy atom. The third-order valence-corrected chi connectivity index (χ3v) is 5.33. The second-order valence-corrected chi connectivity index (χ2v) is 7.36. The van der Waals surface area contributed by atoms with E-state index in [9.17, 15) is 4.79 Å². The van der Waals surface area contributed by atoms with E-state index in [0.29, 0.717) is 37.8 Å². The summed E-state index contributed by atoms with van der Waals surface area (Å²) >= 11 is 0. The molecule has 4 rings (SSSR count). The van der Waals surface area contributed by atoms with Gasteiger partial charge >= 0.3 is 0 Å². The Balaban J connectivity index is 1.44. The van der Waals surface area contributed by atoms with Gasteiger partial charge in [0.25, 0.3) is 0 Å². The molecule has 0 radical (unpaired) electrons. The summed E-state index contributed by atoms with van der Waals surface area (Å²) in [4.78, 5) is 15.0. The average molecular weight is 396 g/mol. The zero-order chi connectivity index (χ0) is 20.1. The van der Waals surface area contributed by atoms with Gasteiger partial charge in [-0.05, 0) is 56.1 Å². The van der Waals surface area contributed by atoms with Gasteiger partial charge in [-0.1, -0.05) is 18.2 Å². The van der Waals surface area contributed by atoms with Gasteiger partial charge in [0.2, 0.25) is 5.91 Å². The van der Waals surface area contributed by atoms with E-state index in [2.05, 4.69) is 22.3 Å². The number of ether oxygens (including phenoxy) is 3. The first-order valence-electron chi connectivity index (χ1n) is 10.4. The van der Waals surface area contributed by atoms with Gasteiger partial charge in [0.05, 0.1) is 32.1 Å². The van der Waals surface area contributed by atoms with Crippen molar-refractivity contribution in [1.29, 1.82) is 0 Å². The molecule has 6 nitrogen and oxygen atoms in total. The van der Waals surface area contributed by atoms with Crippen LogP contribution in [0.4, 0.5) is 5.69 Å². The molecule has 1 amide bonds. The van der Waals surface area contributed by atoms with E-state index in [1.165, 1.54) is 5.56 Å². The van der Waals surface area contributed by atoms with Crippen LogP contribution in [-0.2, 0) is 4.79 Å². The second kappa shape index (κ2) is 9.18. The van der Waals surface area contributed by atoms with E-state index in [4.69, 9.17) is 14.2 Å². The van der Waals surface area contributed by atoms with Crippen LogP contribution in [0.1, 0.15) is 37.8 Å². The second-order valence-electron chi connectivity index (χ2n) is 7.36. The maximum Gasteiger partial charge on any atom is 0.238 e. The highest BCUT2D eigenvalue weighted by Crippen LogP contribution is 2.37. The molecule has 2 aromatic rings. The molecule has 1 fully saturated rings. The summed E-state index contributed by atoms with van der Waals surface area (Å²) in [6.07, 6.45) is 2.99. The topological polar surface area (TPSA) is 60.0 Å². The Kier molecular flexibility index (Phi) is 6.20. The molecule has 0 aromatic heterocycles. The number of hydrogen-bond acceptors (Lipinski definition) is 5. The fourth-order valence-corrected chi connectivity index (χ4v) is 4.01. The number of nitrogens with one attached hydrogen (secondary N) is 1. The molecule has 29 heavy (non-hydrogen) atoms. The fourth-order valence-electron chi connectivity index (χ4n) is 4.01. The molecule has 1 atom stereocenters. The number of carbonyl (C=O) groups is 1. The molecule has 0 aliphatic carbocycles. The van der Waals surface area contributed by atoms with Gasteiger partial charge in [-0.15, -0.1) is 0 Å². The first-order chi connectivity index (χ1) is 14.2. The summed E-state index contributed by atoms with van der Waals surface area (Å²) < 4.78 is 17.2. The lowest BCUT2D eigenvalue weighted by Crippen LogP contribution is -2.33. The number of nitrogens with zero attached hydrogens (tertiary/aromatic N) is 1. The monoisotopic (exact) mass is 396 g/mol. The number of carbonyl (C=O) groups excluding carboxylic acids is 1. The highest BCUT2D eigenvalue weighted by Gasteiger charge is 2.28. The lowest BCUT2D eigenvalue weighted by molar-refractivity contribution is -0.117. The number of fused-ring (bicyclic) bond motifs is 1. The molecular formula is C23H28N2O4. The van der Waals surface area contributed by atoms with Gasteiger partial charge in [0, 0.05) is 12.5 Å². The van der Waals surface area contributed by atoms with E-state index >= 15 is 0 Å². The van der Waals surface area contributed by atoms with Crippen molar-refractivity contribution < 1.29 is 19.0 Å². The number of para-hydroxylation sites is 2. The Bertz CT molecular complexity index is 855. The minimum absolute atomic E-state index is 0.0293.